The minimum atomic E-state index is -1.91. The molecular weight excluding hydrogens is 232 g/mol. The maximum atomic E-state index is 6.24. The monoisotopic (exact) mass is 262 g/mol. The van der Waals surface area contributed by atoms with Gasteiger partial charge in [0.05, 0.1) is 0 Å². The SMILES string of the molecule is CCO[Si](CC)(OCC)[Si](CC)(CC)CC. The quantitative estimate of drug-likeness (QED) is 0.582. The van der Waals surface area contributed by atoms with E-state index in [1.165, 1.54) is 18.1 Å². The van der Waals surface area contributed by atoms with E-state index >= 15 is 0 Å². The molecule has 0 saturated carbocycles. The van der Waals surface area contributed by atoms with Crippen LogP contribution in [0.25, 0.3) is 0 Å². The van der Waals surface area contributed by atoms with Crippen molar-refractivity contribution >= 4 is 15.7 Å². The van der Waals surface area contributed by atoms with E-state index in [1.54, 1.807) is 0 Å². The molecule has 16 heavy (non-hydrogen) atoms. The molecule has 0 aliphatic rings. The molecule has 0 heterocycles. The summed E-state index contributed by atoms with van der Waals surface area (Å²) in [5, 5.41) is 0. The van der Waals surface area contributed by atoms with Crippen LogP contribution < -0.4 is 0 Å². The molecule has 0 amide bonds. The van der Waals surface area contributed by atoms with Crippen LogP contribution in [0.3, 0.4) is 0 Å². The molecule has 0 rings (SSSR count). The first kappa shape index (κ1) is 16.4. The van der Waals surface area contributed by atoms with Crippen LogP contribution in [0.5, 0.6) is 0 Å². The second-order valence-corrected chi connectivity index (χ2v) is 17.3. The van der Waals surface area contributed by atoms with Gasteiger partial charge >= 0.3 is 8.08 Å². The average molecular weight is 263 g/mol. The van der Waals surface area contributed by atoms with Crippen LogP contribution in [0, 0.1) is 0 Å². The van der Waals surface area contributed by atoms with E-state index in [-0.39, 0.29) is 0 Å². The Morgan fingerprint density at radius 2 is 1.00 bits per heavy atom. The zero-order valence-electron chi connectivity index (χ0n) is 12.1. The predicted molar refractivity (Wildman–Crippen MR) is 76.7 cm³/mol. The third kappa shape index (κ3) is 2.97. The van der Waals surface area contributed by atoms with Crippen molar-refractivity contribution in [2.75, 3.05) is 13.2 Å². The van der Waals surface area contributed by atoms with E-state index in [9.17, 15) is 0 Å². The molecule has 2 nitrogen and oxygen atoms in total. The Bertz CT molecular complexity index is 168. The fourth-order valence-corrected chi connectivity index (χ4v) is 18.7. The fraction of sp³-hybridized carbons (Fsp3) is 1.00. The van der Waals surface area contributed by atoms with E-state index in [4.69, 9.17) is 8.85 Å². The molecule has 0 aliphatic heterocycles. The molecule has 0 radical (unpaired) electrons. The first-order valence-electron chi connectivity index (χ1n) is 6.89. The molecule has 0 aromatic heterocycles. The van der Waals surface area contributed by atoms with Gasteiger partial charge in [0.25, 0.3) is 0 Å². The van der Waals surface area contributed by atoms with Crippen LogP contribution in [0.4, 0.5) is 0 Å². The molecule has 0 aliphatic carbocycles. The molecule has 0 atom stereocenters. The summed E-state index contributed by atoms with van der Waals surface area (Å²) >= 11 is 0. The molecule has 0 bridgehead atoms. The van der Waals surface area contributed by atoms with Crippen molar-refractivity contribution in [1.82, 2.24) is 0 Å². The third-order valence-corrected chi connectivity index (χ3v) is 22.1. The lowest BCUT2D eigenvalue weighted by Crippen LogP contribution is -2.65. The Morgan fingerprint density at radius 3 is 1.19 bits per heavy atom. The maximum absolute atomic E-state index is 6.24. The van der Waals surface area contributed by atoms with Gasteiger partial charge in [-0.05, 0) is 19.9 Å². The van der Waals surface area contributed by atoms with Crippen LogP contribution in [0.2, 0.25) is 24.2 Å². The molecular formula is C12H30O2Si2. The van der Waals surface area contributed by atoms with Gasteiger partial charge in [-0.1, -0.05) is 45.8 Å². The lowest BCUT2D eigenvalue weighted by atomic mass is 10.9. The summed E-state index contributed by atoms with van der Waals surface area (Å²) in [7, 11) is -3.25. The summed E-state index contributed by atoms with van der Waals surface area (Å²) in [6.07, 6.45) is 0. The zero-order valence-corrected chi connectivity index (χ0v) is 14.1. The van der Waals surface area contributed by atoms with Gasteiger partial charge in [-0.2, -0.15) is 0 Å². The molecule has 98 valence electrons. The Kier molecular flexibility index (Phi) is 7.80. The lowest BCUT2D eigenvalue weighted by Gasteiger charge is -2.44. The maximum Gasteiger partial charge on any atom is 0.316 e. The molecule has 4 heteroatoms. The summed E-state index contributed by atoms with van der Waals surface area (Å²) in [5.41, 5.74) is 0. The molecule has 0 saturated heterocycles. The highest BCUT2D eigenvalue weighted by Crippen LogP contribution is 2.35. The summed E-state index contributed by atoms with van der Waals surface area (Å²) in [4.78, 5) is 0. The Balaban J connectivity index is 5.21. The minimum absolute atomic E-state index is 0.814. The third-order valence-electron chi connectivity index (χ3n) is 4.06. The number of rotatable bonds is 9. The molecule has 0 fully saturated rings. The average Bonchev–Trinajstić information content (AvgIpc) is 2.32. The smallest absolute Gasteiger partial charge is 0.316 e. The van der Waals surface area contributed by atoms with Crippen LogP contribution in [0.1, 0.15) is 41.5 Å². The summed E-state index contributed by atoms with van der Waals surface area (Å²) in [6.45, 7) is 15.1. The van der Waals surface area contributed by atoms with Gasteiger partial charge < -0.3 is 8.85 Å². The number of hydrogen-bond acceptors (Lipinski definition) is 2. The lowest BCUT2D eigenvalue weighted by molar-refractivity contribution is 0.200. The Labute approximate surface area is 104 Å². The van der Waals surface area contributed by atoms with E-state index < -0.39 is 15.7 Å². The van der Waals surface area contributed by atoms with Crippen molar-refractivity contribution in [3.8, 4) is 0 Å². The van der Waals surface area contributed by atoms with Crippen molar-refractivity contribution in [1.29, 1.82) is 0 Å². The predicted octanol–water partition coefficient (Wildman–Crippen LogP) is 4.11. The van der Waals surface area contributed by atoms with E-state index in [2.05, 4.69) is 41.5 Å². The van der Waals surface area contributed by atoms with E-state index in [1.807, 2.05) is 0 Å². The normalized spacial score (nSPS) is 13.1. The van der Waals surface area contributed by atoms with Gasteiger partial charge in [0.1, 0.15) is 7.59 Å². The molecule has 0 spiro atoms. The van der Waals surface area contributed by atoms with Crippen molar-refractivity contribution in [2.24, 2.45) is 0 Å². The first-order chi connectivity index (χ1) is 7.61. The van der Waals surface area contributed by atoms with Gasteiger partial charge in [0, 0.05) is 13.2 Å². The van der Waals surface area contributed by atoms with Crippen molar-refractivity contribution < 1.29 is 8.85 Å². The van der Waals surface area contributed by atoms with Crippen LogP contribution in [-0.2, 0) is 8.85 Å². The van der Waals surface area contributed by atoms with Crippen molar-refractivity contribution in [2.45, 2.75) is 65.7 Å². The standard InChI is InChI=1S/C12H30O2Si2/c1-7-13-16(12-6,14-8-2)15(9-3,10-4)11-5/h7-12H2,1-6H3. The second kappa shape index (κ2) is 7.64. The molecule has 0 aromatic carbocycles. The van der Waals surface area contributed by atoms with Crippen LogP contribution in [0.15, 0.2) is 0 Å². The largest absolute Gasteiger partial charge is 0.397 e. The van der Waals surface area contributed by atoms with Crippen molar-refractivity contribution in [3.05, 3.63) is 0 Å². The summed E-state index contributed by atoms with van der Waals surface area (Å²) in [6, 6.07) is 5.04. The molecule has 0 unspecified atom stereocenters. The van der Waals surface area contributed by atoms with Crippen molar-refractivity contribution in [3.63, 3.8) is 0 Å². The van der Waals surface area contributed by atoms with E-state index in [0.29, 0.717) is 0 Å². The molecule has 0 N–H and O–H groups in total. The second-order valence-electron chi connectivity index (χ2n) is 4.31. The highest BCUT2D eigenvalue weighted by Gasteiger charge is 2.54. The minimum Gasteiger partial charge on any atom is -0.397 e. The first-order valence-corrected chi connectivity index (χ1v) is 12.5. The van der Waals surface area contributed by atoms with Gasteiger partial charge in [0.15, 0.2) is 0 Å². The van der Waals surface area contributed by atoms with E-state index in [0.717, 1.165) is 19.3 Å². The Hall–Kier alpha value is 0.354. The zero-order chi connectivity index (χ0) is 12.7. The van der Waals surface area contributed by atoms with Gasteiger partial charge in [-0.15, -0.1) is 0 Å². The van der Waals surface area contributed by atoms with Gasteiger partial charge in [-0.3, -0.25) is 0 Å². The summed E-state index contributed by atoms with van der Waals surface area (Å²) in [5.74, 6) is 0. The highest BCUT2D eigenvalue weighted by molar-refractivity contribution is 7.37. The highest BCUT2D eigenvalue weighted by atomic mass is 29.3. The number of hydrogen-bond donors (Lipinski definition) is 0. The van der Waals surface area contributed by atoms with Gasteiger partial charge in [0.2, 0.25) is 0 Å². The Morgan fingerprint density at radius 1 is 0.625 bits per heavy atom. The van der Waals surface area contributed by atoms with Crippen LogP contribution >= 0.6 is 0 Å². The molecule has 0 aromatic rings. The summed E-state index contributed by atoms with van der Waals surface area (Å²) < 4.78 is 12.5. The van der Waals surface area contributed by atoms with Gasteiger partial charge in [-0.25, -0.2) is 0 Å². The topological polar surface area (TPSA) is 18.5 Å². The fourth-order valence-electron chi connectivity index (χ4n) is 2.95. The van der Waals surface area contributed by atoms with Crippen LogP contribution in [-0.4, -0.2) is 28.9 Å².